The number of halogens is 4. The van der Waals surface area contributed by atoms with Crippen LogP contribution in [0.3, 0.4) is 0 Å². The van der Waals surface area contributed by atoms with Crippen molar-refractivity contribution in [3.05, 3.63) is 106 Å². The largest absolute Gasteiger partial charge is 0.368 e. The molecule has 8 heterocycles. The number of anilines is 3. The van der Waals surface area contributed by atoms with E-state index in [1.54, 1.807) is 35.9 Å². The van der Waals surface area contributed by atoms with Crippen molar-refractivity contribution in [2.24, 2.45) is 7.05 Å². The Bertz CT molecular complexity index is 3100. The van der Waals surface area contributed by atoms with Gasteiger partial charge in [-0.05, 0) is 78.9 Å². The Labute approximate surface area is 401 Å². The van der Waals surface area contributed by atoms with Gasteiger partial charge in [-0.1, -0.05) is 12.1 Å². The van der Waals surface area contributed by atoms with E-state index in [9.17, 15) is 24.0 Å². The number of nitrogens with one attached hydrogen (secondary N) is 2. The quantitative estimate of drug-likeness (QED) is 0.163. The zero-order valence-corrected chi connectivity index (χ0v) is 38.7. The molecule has 3 saturated heterocycles. The number of amides is 6. The molecule has 5 aliphatic rings. The summed E-state index contributed by atoms with van der Waals surface area (Å²) in [5.41, 5.74) is 3.94. The monoisotopic (exact) mass is 978 g/mol. The highest BCUT2D eigenvalue weighted by Gasteiger charge is 2.47. The molecule has 17 nitrogen and oxygen atoms in total. The van der Waals surface area contributed by atoms with Crippen LogP contribution in [0.2, 0.25) is 0 Å². The summed E-state index contributed by atoms with van der Waals surface area (Å²) >= 11 is 1.25. The number of carbonyl (C=O) groups is 5. The summed E-state index contributed by atoms with van der Waals surface area (Å²) in [6.07, 6.45) is 4.78. The Balaban J connectivity index is 0.711. The van der Waals surface area contributed by atoms with Crippen LogP contribution in [0, 0.1) is 11.6 Å². The number of hydrogen-bond acceptors (Lipinski definition) is 11. The fourth-order valence-corrected chi connectivity index (χ4v) is 11.1. The first-order valence-electron chi connectivity index (χ1n) is 23.1. The molecule has 1 unspecified atom stereocenters. The fraction of sp³-hybridized carbons (Fsp3) is 0.375. The number of likely N-dealkylation sites (tertiary alicyclic amines) is 1. The van der Waals surface area contributed by atoms with Crippen molar-refractivity contribution in [3.63, 3.8) is 0 Å². The topological polar surface area (TPSA) is 174 Å². The van der Waals surface area contributed by atoms with E-state index in [0.717, 1.165) is 30.4 Å². The summed E-state index contributed by atoms with van der Waals surface area (Å²) in [7, 11) is 1.57. The molecule has 0 spiro atoms. The minimum Gasteiger partial charge on any atom is -0.368 e. The van der Waals surface area contributed by atoms with Crippen LogP contribution in [0.1, 0.15) is 64.1 Å². The molecule has 22 heteroatoms. The van der Waals surface area contributed by atoms with Gasteiger partial charge in [0.1, 0.15) is 11.6 Å². The van der Waals surface area contributed by atoms with Crippen molar-refractivity contribution >= 4 is 68.5 Å². The number of aromatic nitrogens is 5. The van der Waals surface area contributed by atoms with Crippen LogP contribution in [0.4, 0.5) is 39.0 Å². The summed E-state index contributed by atoms with van der Waals surface area (Å²) in [4.78, 5) is 82.2. The number of fused-ring (bicyclic) bond motifs is 3. The van der Waals surface area contributed by atoms with Gasteiger partial charge < -0.3 is 19.3 Å². The third-order valence-electron chi connectivity index (χ3n) is 14.2. The number of rotatable bonds is 10. The molecule has 3 aromatic heterocycles. The van der Waals surface area contributed by atoms with Crippen LogP contribution < -0.4 is 20.4 Å². The molecular formula is C48H46F4N12O5S. The molecular weight excluding hydrogens is 933 g/mol. The molecule has 0 bridgehead atoms. The average Bonchev–Trinajstić information content (AvgIpc) is 4.19. The van der Waals surface area contributed by atoms with Crippen molar-refractivity contribution in [1.82, 2.24) is 44.3 Å². The van der Waals surface area contributed by atoms with Crippen LogP contribution in [0.25, 0.3) is 22.0 Å². The Hall–Kier alpha value is -7.20. The van der Waals surface area contributed by atoms with Crippen LogP contribution in [0.5, 0.6) is 0 Å². The maximum Gasteiger partial charge on any atom is 0.329 e. The highest BCUT2D eigenvalue weighted by atomic mass is 32.1. The zero-order valence-electron chi connectivity index (χ0n) is 37.8. The number of nitrogens with zero attached hydrogens (tertiary/aromatic N) is 10. The number of piperidine rings is 1. The first-order valence-corrected chi connectivity index (χ1v) is 24.0. The van der Waals surface area contributed by atoms with Gasteiger partial charge in [-0.3, -0.25) is 44.3 Å². The number of carbonyl (C=O) groups excluding carboxylic acids is 5. The fourth-order valence-electron chi connectivity index (χ4n) is 10.6. The Morgan fingerprint density at radius 3 is 2.47 bits per heavy atom. The molecule has 3 fully saturated rings. The Morgan fingerprint density at radius 1 is 0.929 bits per heavy atom. The number of urea groups is 1. The number of thiazole rings is 1. The maximum absolute atomic E-state index is 16.0. The standard InChI is InChI=1S/C48H46F4N12O5S/c1-58-38-22-31(36(50)21-32(38)43(57-58)63-13-9-39(65)55-47(63)69)34-8-12-59(25-48(34,51)52)24-40(66)61-16-14-60(15-17-61)29-6-4-27(5-7-29)28-19-30-33(35(49)20-28)23-64(45(30)68)42(44(67)56-46-53-10-18-70-46)41-37-3-2-11-62(37)26-54-41/h4-7,10,18-22,26,34,42H,2-3,8-9,11-17,23-25H2,1H3,(H,53,56,67)(H,55,65,69)/t34-,42?/m1/s1. The number of piperazine rings is 1. The number of imidazole rings is 1. The van der Waals surface area contributed by atoms with Crippen molar-refractivity contribution < 1.29 is 41.5 Å². The predicted molar refractivity (Wildman–Crippen MR) is 249 cm³/mol. The van der Waals surface area contributed by atoms with Crippen LogP contribution in [0.15, 0.2) is 66.4 Å². The van der Waals surface area contributed by atoms with Crippen molar-refractivity contribution in [2.45, 2.75) is 56.7 Å². The first kappa shape index (κ1) is 45.3. The summed E-state index contributed by atoms with van der Waals surface area (Å²) in [5, 5.41) is 11.7. The highest BCUT2D eigenvalue weighted by Crippen LogP contribution is 2.44. The number of hydrogen-bond donors (Lipinski definition) is 2. The highest BCUT2D eigenvalue weighted by molar-refractivity contribution is 7.13. The van der Waals surface area contributed by atoms with Gasteiger partial charge in [0.05, 0.1) is 43.1 Å². The Kier molecular flexibility index (Phi) is 11.4. The molecule has 362 valence electrons. The van der Waals surface area contributed by atoms with E-state index in [0.29, 0.717) is 60.1 Å². The molecule has 3 aromatic carbocycles. The summed E-state index contributed by atoms with van der Waals surface area (Å²) in [5.74, 6) is -7.78. The Morgan fingerprint density at radius 2 is 1.73 bits per heavy atom. The predicted octanol–water partition coefficient (Wildman–Crippen LogP) is 5.67. The van der Waals surface area contributed by atoms with Gasteiger partial charge >= 0.3 is 6.03 Å². The van der Waals surface area contributed by atoms with Gasteiger partial charge in [-0.25, -0.2) is 32.3 Å². The van der Waals surface area contributed by atoms with Crippen LogP contribution in [-0.2, 0) is 40.9 Å². The number of aryl methyl sites for hydroxylation is 2. The number of benzene rings is 3. The molecule has 11 rings (SSSR count). The van der Waals surface area contributed by atoms with E-state index in [1.165, 1.54) is 42.9 Å². The average molecular weight is 979 g/mol. The smallest absolute Gasteiger partial charge is 0.329 e. The lowest BCUT2D eigenvalue weighted by Crippen LogP contribution is -2.54. The molecule has 2 atom stereocenters. The van der Waals surface area contributed by atoms with Gasteiger partial charge in [0.2, 0.25) is 11.8 Å². The second-order valence-corrected chi connectivity index (χ2v) is 19.2. The van der Waals surface area contributed by atoms with Crippen molar-refractivity contribution in [3.8, 4) is 11.1 Å². The minimum absolute atomic E-state index is 0.0376. The van der Waals surface area contributed by atoms with Crippen molar-refractivity contribution in [1.29, 1.82) is 0 Å². The molecule has 0 aliphatic carbocycles. The molecule has 0 radical (unpaired) electrons. The van der Waals surface area contributed by atoms with E-state index in [4.69, 9.17) is 0 Å². The van der Waals surface area contributed by atoms with E-state index >= 15 is 17.6 Å². The second kappa shape index (κ2) is 17.6. The SMILES string of the molecule is Cn1nc(N2CCC(=O)NC2=O)c2cc(F)c([C@H]3CCN(CC(=O)N4CCN(c5ccc(-c6cc(F)c7c(c6)C(=O)N(C(C(=O)Nc6nccs6)c6ncn8c6CCC8)C7)cc5)CC4)CC3(F)F)cc21. The van der Waals surface area contributed by atoms with Gasteiger partial charge in [-0.15, -0.1) is 11.3 Å². The third-order valence-corrected chi connectivity index (χ3v) is 14.8. The molecule has 70 heavy (non-hydrogen) atoms. The van der Waals surface area contributed by atoms with E-state index in [-0.39, 0.29) is 72.8 Å². The maximum atomic E-state index is 16.0. The number of alkyl halides is 2. The van der Waals surface area contributed by atoms with Gasteiger partial charge in [0.25, 0.3) is 17.7 Å². The lowest BCUT2D eigenvalue weighted by Gasteiger charge is -2.40. The zero-order chi connectivity index (χ0) is 48.6. The molecule has 5 aliphatic heterocycles. The summed E-state index contributed by atoms with van der Waals surface area (Å²) < 4.78 is 67.0. The summed E-state index contributed by atoms with van der Waals surface area (Å²) in [6, 6.07) is 11.2. The van der Waals surface area contributed by atoms with Crippen LogP contribution >= 0.6 is 11.3 Å². The van der Waals surface area contributed by atoms with Crippen molar-refractivity contribution in [2.75, 3.05) is 67.5 Å². The normalized spacial score (nSPS) is 19.7. The second-order valence-electron chi connectivity index (χ2n) is 18.3. The number of imide groups is 1. The lowest BCUT2D eigenvalue weighted by molar-refractivity contribution is -0.136. The molecule has 6 aromatic rings. The first-order chi connectivity index (χ1) is 33.7. The lowest BCUT2D eigenvalue weighted by atomic mass is 9.85. The van der Waals surface area contributed by atoms with E-state index < -0.39 is 59.8 Å². The molecule has 6 amide bonds. The molecule has 2 N–H and O–H groups in total. The van der Waals surface area contributed by atoms with Gasteiger partial charge in [-0.2, -0.15) is 5.10 Å². The van der Waals surface area contributed by atoms with E-state index in [1.807, 2.05) is 28.8 Å². The third kappa shape index (κ3) is 8.10. The van der Waals surface area contributed by atoms with E-state index in [2.05, 4.69) is 30.6 Å². The summed E-state index contributed by atoms with van der Waals surface area (Å²) in [6.45, 7) is 1.59. The van der Waals surface area contributed by atoms with Gasteiger partial charge in [0.15, 0.2) is 17.0 Å². The van der Waals surface area contributed by atoms with Crippen LogP contribution in [-0.4, -0.2) is 127 Å². The van der Waals surface area contributed by atoms with Gasteiger partial charge in [0, 0.05) is 92.2 Å². The molecule has 0 saturated carbocycles. The minimum atomic E-state index is -3.36.